The molecule has 0 saturated carbocycles. The molecule has 2 rings (SSSR count). The van der Waals surface area contributed by atoms with E-state index in [2.05, 4.69) is 5.48 Å². The molecule has 1 aromatic heterocycles. The molecule has 1 aliphatic heterocycles. The van der Waals surface area contributed by atoms with Crippen LogP contribution in [0.5, 0.6) is 0 Å². The van der Waals surface area contributed by atoms with E-state index >= 15 is 0 Å². The number of amides is 1. The van der Waals surface area contributed by atoms with Gasteiger partial charge in [0.1, 0.15) is 4.88 Å². The van der Waals surface area contributed by atoms with Crippen LogP contribution in [-0.2, 0) is 14.4 Å². The Hall–Kier alpha value is -1.70. The summed E-state index contributed by atoms with van der Waals surface area (Å²) in [5.74, 6) is -1.39. The van der Waals surface area contributed by atoms with Crippen LogP contribution in [0.25, 0.3) is 6.08 Å². The predicted octanol–water partition coefficient (Wildman–Crippen LogP) is 2.03. The Morgan fingerprint density at radius 2 is 2.30 bits per heavy atom. The summed E-state index contributed by atoms with van der Waals surface area (Å²) in [4.78, 5) is 28.2. The highest BCUT2D eigenvalue weighted by Gasteiger charge is 2.14. The minimum Gasteiger partial charge on any atom is -0.477 e. The molecule has 6 nitrogen and oxygen atoms in total. The van der Waals surface area contributed by atoms with E-state index in [4.69, 9.17) is 14.7 Å². The molecule has 7 heteroatoms. The second kappa shape index (κ2) is 7.18. The second-order valence-corrected chi connectivity index (χ2v) is 5.34. The van der Waals surface area contributed by atoms with E-state index in [1.807, 2.05) is 0 Å². The van der Waals surface area contributed by atoms with E-state index in [9.17, 15) is 9.59 Å². The molecule has 0 bridgehead atoms. The number of carboxylic acid groups (broad SMARTS) is 1. The lowest BCUT2D eigenvalue weighted by atomic mass is 10.2. The molecule has 1 amide bonds. The van der Waals surface area contributed by atoms with Gasteiger partial charge in [0.15, 0.2) is 6.29 Å². The third-order valence-corrected chi connectivity index (χ3v) is 3.70. The zero-order valence-corrected chi connectivity index (χ0v) is 11.5. The molecule has 1 saturated heterocycles. The number of carboxylic acids is 1. The van der Waals surface area contributed by atoms with Crippen molar-refractivity contribution in [3.05, 3.63) is 28.0 Å². The van der Waals surface area contributed by atoms with Gasteiger partial charge in [0, 0.05) is 24.0 Å². The van der Waals surface area contributed by atoms with Crippen molar-refractivity contribution in [1.29, 1.82) is 0 Å². The molecule has 1 fully saturated rings. The number of hydroxylamine groups is 1. The van der Waals surface area contributed by atoms with Crippen LogP contribution in [0.2, 0.25) is 0 Å². The lowest BCUT2D eigenvalue weighted by Gasteiger charge is -2.21. The molecule has 20 heavy (non-hydrogen) atoms. The molecule has 1 aromatic rings. The molecule has 0 spiro atoms. The summed E-state index contributed by atoms with van der Waals surface area (Å²) in [5, 5.41) is 8.78. The van der Waals surface area contributed by atoms with Gasteiger partial charge in [-0.1, -0.05) is 0 Å². The summed E-state index contributed by atoms with van der Waals surface area (Å²) in [6.45, 7) is 0.642. The van der Waals surface area contributed by atoms with Crippen LogP contribution in [-0.4, -0.2) is 29.9 Å². The monoisotopic (exact) mass is 297 g/mol. The van der Waals surface area contributed by atoms with Gasteiger partial charge in [-0.05, 0) is 31.1 Å². The fraction of sp³-hybridized carbons (Fsp3) is 0.385. The lowest BCUT2D eigenvalue weighted by Crippen LogP contribution is -2.32. The summed E-state index contributed by atoms with van der Waals surface area (Å²) in [6, 6.07) is 3.14. The highest BCUT2D eigenvalue weighted by atomic mass is 32.1. The van der Waals surface area contributed by atoms with Gasteiger partial charge in [-0.15, -0.1) is 11.3 Å². The van der Waals surface area contributed by atoms with Gasteiger partial charge in [-0.2, -0.15) is 0 Å². The van der Waals surface area contributed by atoms with Gasteiger partial charge in [0.2, 0.25) is 0 Å². The molecule has 1 unspecified atom stereocenters. The average Bonchev–Trinajstić information content (AvgIpc) is 2.93. The fourth-order valence-corrected chi connectivity index (χ4v) is 2.43. The molecule has 2 N–H and O–H groups in total. The average molecular weight is 297 g/mol. The maximum Gasteiger partial charge on any atom is 0.345 e. The zero-order chi connectivity index (χ0) is 14.4. The molecule has 0 radical (unpaired) electrons. The Kier molecular flexibility index (Phi) is 5.28. The molecule has 2 heterocycles. The summed E-state index contributed by atoms with van der Waals surface area (Å²) >= 11 is 1.10. The molecule has 1 atom stereocenters. The first-order valence-electron chi connectivity index (χ1n) is 6.23. The number of carbonyl (C=O) groups is 2. The van der Waals surface area contributed by atoms with Crippen LogP contribution in [0.15, 0.2) is 18.2 Å². The zero-order valence-electron chi connectivity index (χ0n) is 10.7. The summed E-state index contributed by atoms with van der Waals surface area (Å²) in [7, 11) is 0. The number of ether oxygens (including phenoxy) is 1. The maximum atomic E-state index is 11.5. The van der Waals surface area contributed by atoms with Crippen molar-refractivity contribution in [2.45, 2.75) is 25.6 Å². The minimum atomic E-state index is -0.975. The van der Waals surface area contributed by atoms with Crippen LogP contribution < -0.4 is 5.48 Å². The minimum absolute atomic E-state index is 0.233. The van der Waals surface area contributed by atoms with Gasteiger partial charge < -0.3 is 9.84 Å². The second-order valence-electron chi connectivity index (χ2n) is 4.22. The van der Waals surface area contributed by atoms with Gasteiger partial charge >= 0.3 is 5.97 Å². The molecule has 0 aliphatic carbocycles. The topological polar surface area (TPSA) is 84.9 Å². The summed E-state index contributed by atoms with van der Waals surface area (Å²) < 4.78 is 5.30. The van der Waals surface area contributed by atoms with Gasteiger partial charge in [-0.25, -0.2) is 15.1 Å². The first kappa shape index (κ1) is 14.7. The van der Waals surface area contributed by atoms with Gasteiger partial charge in [-0.3, -0.25) is 4.79 Å². The van der Waals surface area contributed by atoms with E-state index in [0.29, 0.717) is 11.5 Å². The normalized spacial score (nSPS) is 19.1. The van der Waals surface area contributed by atoms with Crippen molar-refractivity contribution in [3.63, 3.8) is 0 Å². The van der Waals surface area contributed by atoms with Crippen LogP contribution >= 0.6 is 11.3 Å². The number of carbonyl (C=O) groups excluding carboxylic acids is 1. The summed E-state index contributed by atoms with van der Waals surface area (Å²) in [5.41, 5.74) is 2.29. The number of aromatic carboxylic acids is 1. The first-order chi connectivity index (χ1) is 9.65. The molecule has 0 aromatic carbocycles. The van der Waals surface area contributed by atoms with E-state index in [1.165, 1.54) is 18.2 Å². The smallest absolute Gasteiger partial charge is 0.345 e. The van der Waals surface area contributed by atoms with Gasteiger partial charge in [0.25, 0.3) is 5.91 Å². The lowest BCUT2D eigenvalue weighted by molar-refractivity contribution is -0.198. The Balaban J connectivity index is 1.77. The van der Waals surface area contributed by atoms with E-state index in [1.54, 1.807) is 6.07 Å². The Morgan fingerprint density at radius 3 is 2.95 bits per heavy atom. The standard InChI is InChI=1S/C13H15NO5S/c15-11(14-19-12-3-1-2-8-18-12)7-5-9-4-6-10(20-9)13(16)17/h4-7,12H,1-3,8H2,(H,14,15)(H,16,17). The predicted molar refractivity (Wildman–Crippen MR) is 73.1 cm³/mol. The van der Waals surface area contributed by atoms with E-state index < -0.39 is 11.9 Å². The van der Waals surface area contributed by atoms with Crippen molar-refractivity contribution in [2.75, 3.05) is 6.61 Å². The van der Waals surface area contributed by atoms with Crippen molar-refractivity contribution in [1.82, 2.24) is 5.48 Å². The molecular weight excluding hydrogens is 282 g/mol. The Morgan fingerprint density at radius 1 is 1.45 bits per heavy atom. The first-order valence-corrected chi connectivity index (χ1v) is 7.05. The third-order valence-electron chi connectivity index (χ3n) is 2.67. The van der Waals surface area contributed by atoms with E-state index in [-0.39, 0.29) is 11.2 Å². The van der Waals surface area contributed by atoms with Crippen LogP contribution in [0, 0.1) is 0 Å². The number of thiophene rings is 1. The number of hydrogen-bond acceptors (Lipinski definition) is 5. The third kappa shape index (κ3) is 4.44. The molecular formula is C13H15NO5S. The van der Waals surface area contributed by atoms with Crippen LogP contribution in [0.4, 0.5) is 0 Å². The quantitative estimate of drug-likeness (QED) is 0.641. The van der Waals surface area contributed by atoms with Crippen molar-refractivity contribution >= 4 is 29.3 Å². The number of nitrogens with one attached hydrogen (secondary N) is 1. The largest absolute Gasteiger partial charge is 0.477 e. The molecule has 1 aliphatic rings. The van der Waals surface area contributed by atoms with E-state index in [0.717, 1.165) is 30.6 Å². The molecule has 108 valence electrons. The highest BCUT2D eigenvalue weighted by molar-refractivity contribution is 7.14. The fourth-order valence-electron chi connectivity index (χ4n) is 1.68. The van der Waals surface area contributed by atoms with Gasteiger partial charge in [0.05, 0.1) is 0 Å². The maximum absolute atomic E-state index is 11.5. The Bertz CT molecular complexity index is 505. The van der Waals surface area contributed by atoms with Crippen molar-refractivity contribution in [2.24, 2.45) is 0 Å². The van der Waals surface area contributed by atoms with Crippen molar-refractivity contribution < 1.29 is 24.3 Å². The number of rotatable bonds is 5. The summed E-state index contributed by atoms with van der Waals surface area (Å²) in [6.07, 6.45) is 5.23. The SMILES string of the molecule is O=C(C=Cc1ccc(C(=O)O)s1)NOC1CCCCO1. The van der Waals surface area contributed by atoms with Crippen molar-refractivity contribution in [3.8, 4) is 0 Å². The van der Waals surface area contributed by atoms with Crippen LogP contribution in [0.1, 0.15) is 33.8 Å². The van der Waals surface area contributed by atoms with Crippen LogP contribution in [0.3, 0.4) is 0 Å². The number of hydrogen-bond donors (Lipinski definition) is 2. The highest BCUT2D eigenvalue weighted by Crippen LogP contribution is 2.17. The Labute approximate surface area is 120 Å².